The average Bonchev–Trinajstić information content (AvgIpc) is 3.32. The molecule has 1 aromatic carbocycles. The second kappa shape index (κ2) is 7.66. The van der Waals surface area contributed by atoms with Crippen molar-refractivity contribution >= 4 is 17.5 Å². The van der Waals surface area contributed by atoms with Crippen LogP contribution in [-0.2, 0) is 24.1 Å². The highest BCUT2D eigenvalue weighted by atomic mass is 32.2. The molecule has 0 saturated carbocycles. The Hall–Kier alpha value is -1.73. The predicted octanol–water partition coefficient (Wildman–Crippen LogP) is 2.71. The van der Waals surface area contributed by atoms with Gasteiger partial charge in [-0.3, -0.25) is 4.79 Å². The molecule has 4 rings (SSSR count). The van der Waals surface area contributed by atoms with Crippen molar-refractivity contribution in [3.8, 4) is 0 Å². The molecule has 1 aliphatic heterocycles. The number of Topliss-reactive ketones (excluding diaryl/α,β-unsaturated/α-hetero) is 1. The van der Waals surface area contributed by atoms with Gasteiger partial charge in [0.1, 0.15) is 0 Å². The number of benzene rings is 1. The highest BCUT2D eigenvalue weighted by Crippen LogP contribution is 2.24. The van der Waals surface area contributed by atoms with Crippen molar-refractivity contribution in [1.29, 1.82) is 0 Å². The summed E-state index contributed by atoms with van der Waals surface area (Å²) in [5.41, 5.74) is 3.53. The van der Waals surface area contributed by atoms with Crippen molar-refractivity contribution in [1.82, 2.24) is 20.2 Å². The number of tetrazole rings is 1. The number of nitrogens with zero attached hydrogens (tertiary/aromatic N) is 4. The van der Waals surface area contributed by atoms with Crippen LogP contribution in [0.2, 0.25) is 0 Å². The minimum absolute atomic E-state index is 0.130. The highest BCUT2D eigenvalue weighted by Gasteiger charge is 2.20. The zero-order chi connectivity index (χ0) is 17.1. The van der Waals surface area contributed by atoms with Crippen molar-refractivity contribution in [2.24, 2.45) is 0 Å². The van der Waals surface area contributed by atoms with Crippen LogP contribution in [0.4, 0.5) is 0 Å². The Morgan fingerprint density at radius 2 is 2.12 bits per heavy atom. The van der Waals surface area contributed by atoms with E-state index in [9.17, 15) is 4.79 Å². The van der Waals surface area contributed by atoms with Crippen LogP contribution in [0.1, 0.15) is 47.2 Å². The van der Waals surface area contributed by atoms with Crippen LogP contribution in [0.15, 0.2) is 23.4 Å². The Morgan fingerprint density at radius 3 is 2.96 bits per heavy atom. The Kier molecular flexibility index (Phi) is 5.12. The molecule has 1 aliphatic carbocycles. The fraction of sp³-hybridized carbons (Fsp3) is 0.556. The summed E-state index contributed by atoms with van der Waals surface area (Å²) in [5.74, 6) is 0.482. The van der Waals surface area contributed by atoms with Crippen LogP contribution in [0.5, 0.6) is 0 Å². The normalized spacial score (nSPS) is 19.8. The molecule has 2 heterocycles. The van der Waals surface area contributed by atoms with Gasteiger partial charge in [0.15, 0.2) is 5.78 Å². The van der Waals surface area contributed by atoms with Crippen LogP contribution in [0, 0.1) is 0 Å². The van der Waals surface area contributed by atoms with Crippen molar-refractivity contribution in [3.63, 3.8) is 0 Å². The maximum Gasteiger partial charge on any atom is 0.209 e. The second-order valence-electron chi connectivity index (χ2n) is 6.68. The summed E-state index contributed by atoms with van der Waals surface area (Å²) in [5, 5.41) is 12.5. The van der Waals surface area contributed by atoms with Gasteiger partial charge in [-0.1, -0.05) is 23.9 Å². The number of aryl methyl sites for hydroxylation is 2. The van der Waals surface area contributed by atoms with Crippen molar-refractivity contribution in [3.05, 3.63) is 34.9 Å². The number of ether oxygens (including phenoxy) is 1. The number of carbonyl (C=O) groups excluding carboxylic acids is 1. The Balaban J connectivity index is 1.38. The number of carbonyl (C=O) groups is 1. The van der Waals surface area contributed by atoms with Crippen LogP contribution >= 0.6 is 11.8 Å². The van der Waals surface area contributed by atoms with E-state index in [4.69, 9.17) is 4.74 Å². The Morgan fingerprint density at radius 1 is 1.24 bits per heavy atom. The molecule has 1 atom stereocenters. The highest BCUT2D eigenvalue weighted by molar-refractivity contribution is 7.99. The standard InChI is InChI=1S/C18H22N4O2S/c23-17(15-8-7-13-4-1-2-5-14(13)10-15)12-25-18-19-20-21-22(18)11-16-6-3-9-24-16/h7-8,10,16H,1-6,9,11-12H2/t16-/m1/s1. The molecule has 2 aliphatic rings. The summed E-state index contributed by atoms with van der Waals surface area (Å²) in [7, 11) is 0. The van der Waals surface area contributed by atoms with E-state index in [0.29, 0.717) is 17.5 Å². The van der Waals surface area contributed by atoms with Crippen molar-refractivity contribution in [2.45, 2.75) is 56.3 Å². The van der Waals surface area contributed by atoms with E-state index in [0.717, 1.165) is 37.9 Å². The quantitative estimate of drug-likeness (QED) is 0.584. The minimum Gasteiger partial charge on any atom is -0.376 e. The first-order chi connectivity index (χ1) is 12.3. The van der Waals surface area contributed by atoms with Gasteiger partial charge in [0.05, 0.1) is 18.4 Å². The molecule has 0 N–H and O–H groups in total. The molecular weight excluding hydrogens is 336 g/mol. The molecule has 0 spiro atoms. The van der Waals surface area contributed by atoms with Crippen LogP contribution in [0.25, 0.3) is 0 Å². The van der Waals surface area contributed by atoms with E-state index in [1.807, 2.05) is 6.07 Å². The summed E-state index contributed by atoms with van der Waals surface area (Å²) in [6, 6.07) is 6.16. The molecule has 6 nitrogen and oxygen atoms in total. The fourth-order valence-electron chi connectivity index (χ4n) is 3.52. The molecule has 1 fully saturated rings. The van der Waals surface area contributed by atoms with Gasteiger partial charge in [-0.15, -0.1) is 5.10 Å². The number of hydrogen-bond donors (Lipinski definition) is 0. The number of fused-ring (bicyclic) bond motifs is 1. The van der Waals surface area contributed by atoms with Gasteiger partial charge in [-0.2, -0.15) is 0 Å². The van der Waals surface area contributed by atoms with E-state index in [1.54, 1.807) is 4.68 Å². The van der Waals surface area contributed by atoms with Gasteiger partial charge in [0, 0.05) is 12.2 Å². The SMILES string of the molecule is O=C(CSc1nnnn1C[C@H]1CCCO1)c1ccc2c(c1)CCCC2. The second-order valence-corrected chi connectivity index (χ2v) is 7.62. The number of thioether (sulfide) groups is 1. The zero-order valence-electron chi connectivity index (χ0n) is 14.2. The molecule has 1 saturated heterocycles. The largest absolute Gasteiger partial charge is 0.376 e. The zero-order valence-corrected chi connectivity index (χ0v) is 15.0. The first-order valence-corrected chi connectivity index (χ1v) is 9.94. The summed E-state index contributed by atoms with van der Waals surface area (Å²) >= 11 is 1.40. The first-order valence-electron chi connectivity index (χ1n) is 8.95. The van der Waals surface area contributed by atoms with E-state index in [-0.39, 0.29) is 11.9 Å². The monoisotopic (exact) mass is 358 g/mol. The van der Waals surface area contributed by atoms with Crippen molar-refractivity contribution < 1.29 is 9.53 Å². The van der Waals surface area contributed by atoms with Crippen molar-refractivity contribution in [2.75, 3.05) is 12.4 Å². The maximum atomic E-state index is 12.6. The Labute approximate surface area is 151 Å². The molecule has 1 aromatic heterocycles. The van der Waals surface area contributed by atoms with Crippen LogP contribution in [0.3, 0.4) is 0 Å². The van der Waals surface area contributed by atoms with Gasteiger partial charge in [0.25, 0.3) is 0 Å². The number of rotatable bonds is 6. The van der Waals surface area contributed by atoms with Gasteiger partial charge in [0.2, 0.25) is 5.16 Å². The van der Waals surface area contributed by atoms with E-state index in [2.05, 4.69) is 27.7 Å². The molecule has 0 radical (unpaired) electrons. The maximum absolute atomic E-state index is 12.6. The van der Waals surface area contributed by atoms with Crippen LogP contribution in [-0.4, -0.2) is 44.5 Å². The third-order valence-corrected chi connectivity index (χ3v) is 5.86. The first kappa shape index (κ1) is 16.7. The molecule has 132 valence electrons. The summed E-state index contributed by atoms with van der Waals surface area (Å²) in [4.78, 5) is 12.6. The molecule has 7 heteroatoms. The minimum atomic E-state index is 0.130. The smallest absolute Gasteiger partial charge is 0.209 e. The lowest BCUT2D eigenvalue weighted by atomic mass is 9.90. The number of aromatic nitrogens is 4. The van der Waals surface area contributed by atoms with Gasteiger partial charge in [-0.25, -0.2) is 4.68 Å². The van der Waals surface area contributed by atoms with Gasteiger partial charge >= 0.3 is 0 Å². The summed E-state index contributed by atoms with van der Waals surface area (Å²) in [6.45, 7) is 1.47. The van der Waals surface area contributed by atoms with E-state index in [1.165, 1.54) is 35.7 Å². The average molecular weight is 358 g/mol. The summed E-state index contributed by atoms with van der Waals surface area (Å²) in [6.07, 6.45) is 7.00. The molecule has 0 unspecified atom stereocenters. The lowest BCUT2D eigenvalue weighted by molar-refractivity contribution is 0.0912. The number of ketones is 1. The molecule has 2 aromatic rings. The Bertz CT molecular complexity index is 755. The lowest BCUT2D eigenvalue weighted by Gasteiger charge is -2.16. The third kappa shape index (κ3) is 3.93. The lowest BCUT2D eigenvalue weighted by Crippen LogP contribution is -2.17. The van der Waals surface area contributed by atoms with Gasteiger partial charge < -0.3 is 4.74 Å². The van der Waals surface area contributed by atoms with E-state index >= 15 is 0 Å². The third-order valence-electron chi connectivity index (χ3n) is 4.90. The molecule has 0 bridgehead atoms. The van der Waals surface area contributed by atoms with Crippen LogP contribution < -0.4 is 0 Å². The van der Waals surface area contributed by atoms with E-state index < -0.39 is 0 Å². The number of hydrogen-bond acceptors (Lipinski definition) is 6. The summed E-state index contributed by atoms with van der Waals surface area (Å²) < 4.78 is 7.39. The van der Waals surface area contributed by atoms with Gasteiger partial charge in [-0.05, 0) is 66.1 Å². The fourth-order valence-corrected chi connectivity index (χ4v) is 4.30. The topological polar surface area (TPSA) is 69.9 Å². The predicted molar refractivity (Wildman–Crippen MR) is 94.9 cm³/mol. The molecule has 0 amide bonds. The molecular formula is C18H22N4O2S. The molecule has 25 heavy (non-hydrogen) atoms.